The number of fused-ring (bicyclic) bond motifs is 1. The molecule has 2 fully saturated rings. The molecule has 1 saturated heterocycles. The minimum Gasteiger partial charge on any atom is -0.309 e. The number of rotatable bonds is 5. The maximum atomic E-state index is 12.9. The molecule has 0 spiro atoms. The molecule has 0 unspecified atom stereocenters. The molecule has 5 rings (SSSR count). The molecule has 174 valence electrons. The van der Waals surface area contributed by atoms with Crippen LogP contribution in [0.1, 0.15) is 25.7 Å². The third-order valence-electron chi connectivity index (χ3n) is 7.06. The van der Waals surface area contributed by atoms with Crippen LogP contribution >= 0.6 is 0 Å². The Balaban J connectivity index is 1.18. The summed E-state index contributed by atoms with van der Waals surface area (Å²) < 4.78 is 1.68. The van der Waals surface area contributed by atoms with E-state index in [0.717, 1.165) is 74.0 Å². The van der Waals surface area contributed by atoms with Gasteiger partial charge in [-0.15, -0.1) is 15.3 Å². The summed E-state index contributed by atoms with van der Waals surface area (Å²) in [5, 5.41) is 20.6. The first kappa shape index (κ1) is 21.9. The predicted octanol–water partition coefficient (Wildman–Crippen LogP) is 2.42. The van der Waals surface area contributed by atoms with Gasteiger partial charge in [0.25, 0.3) is 0 Å². The van der Waals surface area contributed by atoms with Crippen molar-refractivity contribution >= 4 is 22.6 Å². The van der Waals surface area contributed by atoms with Crippen LogP contribution in [0.3, 0.4) is 0 Å². The average molecular weight is 449 g/mol. The topological polar surface area (TPSA) is 92.1 Å². The normalized spacial score (nSPS) is 22.5. The van der Waals surface area contributed by atoms with Gasteiger partial charge in [-0.05, 0) is 56.8 Å². The summed E-state index contributed by atoms with van der Waals surface area (Å²) in [4.78, 5) is 17.9. The Hall–Kier alpha value is -2.91. The molecule has 1 aromatic carbocycles. The summed E-state index contributed by atoms with van der Waals surface area (Å²) in [7, 11) is 4.04. The Morgan fingerprint density at radius 1 is 1.00 bits per heavy atom. The molecule has 1 aliphatic heterocycles. The van der Waals surface area contributed by atoms with E-state index >= 15 is 0 Å². The Kier molecular flexibility index (Phi) is 6.32. The molecule has 9 nitrogen and oxygen atoms in total. The highest BCUT2D eigenvalue weighted by Gasteiger charge is 2.28. The first-order chi connectivity index (χ1) is 16.0. The number of likely N-dealkylation sites (N-methyl/N-ethyl adjacent to an activating group) is 1. The van der Waals surface area contributed by atoms with Crippen molar-refractivity contribution in [3.63, 3.8) is 0 Å². The quantitative estimate of drug-likeness (QED) is 0.641. The minimum absolute atomic E-state index is 0.0529. The van der Waals surface area contributed by atoms with Gasteiger partial charge in [0.1, 0.15) is 5.69 Å². The molecule has 9 heteroatoms. The number of anilines is 1. The number of piperazine rings is 1. The van der Waals surface area contributed by atoms with Crippen molar-refractivity contribution in [3.05, 3.63) is 30.5 Å². The summed E-state index contributed by atoms with van der Waals surface area (Å²) >= 11 is 0. The Labute approximate surface area is 194 Å². The maximum absolute atomic E-state index is 12.9. The number of nitrogens with zero attached hydrogens (tertiary/aromatic N) is 7. The van der Waals surface area contributed by atoms with Crippen LogP contribution in [0.4, 0.5) is 5.82 Å². The molecule has 0 atom stereocenters. The van der Waals surface area contributed by atoms with Crippen LogP contribution in [0, 0.1) is 11.8 Å². The van der Waals surface area contributed by atoms with Crippen LogP contribution < -0.4 is 5.32 Å². The van der Waals surface area contributed by atoms with Crippen molar-refractivity contribution in [2.24, 2.45) is 18.9 Å². The van der Waals surface area contributed by atoms with Crippen molar-refractivity contribution in [2.75, 3.05) is 45.1 Å². The monoisotopic (exact) mass is 448 g/mol. The fraction of sp³-hybridized carbons (Fsp3) is 0.542. The number of aryl methyl sites for hydroxylation is 1. The molecule has 1 aliphatic carbocycles. The fourth-order valence-corrected chi connectivity index (χ4v) is 4.98. The summed E-state index contributed by atoms with van der Waals surface area (Å²) in [5.74, 6) is 1.32. The van der Waals surface area contributed by atoms with Gasteiger partial charge >= 0.3 is 0 Å². The molecule has 1 saturated carbocycles. The first-order valence-electron chi connectivity index (χ1n) is 11.9. The molecule has 3 aromatic rings. The third-order valence-corrected chi connectivity index (χ3v) is 7.06. The van der Waals surface area contributed by atoms with E-state index in [0.29, 0.717) is 11.7 Å². The van der Waals surface area contributed by atoms with Gasteiger partial charge in [0.15, 0.2) is 5.82 Å². The molecule has 1 N–H and O–H groups in total. The summed E-state index contributed by atoms with van der Waals surface area (Å²) in [6.07, 6.45) is 6.01. The zero-order valence-corrected chi connectivity index (χ0v) is 19.4. The van der Waals surface area contributed by atoms with Crippen LogP contribution in [0.5, 0.6) is 0 Å². The van der Waals surface area contributed by atoms with Gasteiger partial charge in [-0.25, -0.2) is 0 Å². The summed E-state index contributed by atoms with van der Waals surface area (Å²) in [5.41, 5.74) is 2.54. The smallest absolute Gasteiger partial charge is 0.228 e. The summed E-state index contributed by atoms with van der Waals surface area (Å²) in [6.45, 7) is 5.81. The number of carbonyl (C=O) groups is 1. The molecule has 1 amide bonds. The molecule has 33 heavy (non-hydrogen) atoms. The zero-order chi connectivity index (χ0) is 22.8. The lowest BCUT2D eigenvalue weighted by Crippen LogP contribution is -2.46. The van der Waals surface area contributed by atoms with E-state index < -0.39 is 0 Å². The Morgan fingerprint density at radius 2 is 1.79 bits per heavy atom. The van der Waals surface area contributed by atoms with E-state index in [1.807, 2.05) is 37.5 Å². The second-order valence-electron chi connectivity index (χ2n) is 9.59. The van der Waals surface area contributed by atoms with E-state index in [4.69, 9.17) is 0 Å². The molecular weight excluding hydrogens is 416 g/mol. The van der Waals surface area contributed by atoms with Gasteiger partial charge < -0.3 is 15.1 Å². The van der Waals surface area contributed by atoms with Crippen LogP contribution in [0.2, 0.25) is 0 Å². The molecular formula is C24H32N8O. The highest BCUT2D eigenvalue weighted by atomic mass is 16.2. The zero-order valence-electron chi connectivity index (χ0n) is 19.4. The van der Waals surface area contributed by atoms with Crippen LogP contribution in [-0.4, -0.2) is 80.7 Å². The van der Waals surface area contributed by atoms with Crippen molar-refractivity contribution in [2.45, 2.75) is 25.7 Å². The molecule has 0 radical (unpaired) electrons. The van der Waals surface area contributed by atoms with E-state index in [1.54, 1.807) is 4.68 Å². The third kappa shape index (κ3) is 5.20. The molecule has 0 bridgehead atoms. The minimum atomic E-state index is 0.0529. The Bertz CT molecular complexity index is 1110. The van der Waals surface area contributed by atoms with Crippen LogP contribution in [-0.2, 0) is 11.8 Å². The largest absolute Gasteiger partial charge is 0.309 e. The van der Waals surface area contributed by atoms with E-state index in [1.165, 1.54) is 6.54 Å². The van der Waals surface area contributed by atoms with E-state index in [2.05, 4.69) is 42.7 Å². The van der Waals surface area contributed by atoms with Gasteiger partial charge in [-0.3, -0.25) is 9.48 Å². The number of aromatic nitrogens is 5. The lowest BCUT2D eigenvalue weighted by molar-refractivity contribution is -0.121. The molecule has 3 heterocycles. The van der Waals surface area contributed by atoms with Crippen molar-refractivity contribution in [3.8, 4) is 11.3 Å². The lowest BCUT2D eigenvalue weighted by atomic mass is 9.81. The fourth-order valence-electron chi connectivity index (χ4n) is 4.98. The standard InChI is InChI=1S/C24H32N8O/c1-30-9-11-32(12-10-30)15-17-3-5-18(6-4-17)24(33)25-23-14-20-13-19(7-8-21(20)26-28-23)22-16-31(2)29-27-22/h7-8,13-14,16-18H,3-6,9-12,15H2,1-2H3,(H,25,28,33). The van der Waals surface area contributed by atoms with Gasteiger partial charge in [0, 0.05) is 56.6 Å². The van der Waals surface area contributed by atoms with Crippen LogP contribution in [0.25, 0.3) is 22.2 Å². The SMILES string of the molecule is CN1CCN(CC2CCC(C(=O)Nc3cc4cc(-c5cn(C)nn5)ccc4nn3)CC2)CC1. The number of hydrogen-bond acceptors (Lipinski definition) is 7. The number of carbonyl (C=O) groups excluding carboxylic acids is 1. The van der Waals surface area contributed by atoms with Crippen molar-refractivity contribution in [1.82, 2.24) is 35.0 Å². The van der Waals surface area contributed by atoms with Gasteiger partial charge in [-0.1, -0.05) is 11.3 Å². The second-order valence-corrected chi connectivity index (χ2v) is 9.59. The molecule has 2 aliphatic rings. The van der Waals surface area contributed by atoms with Crippen LogP contribution in [0.15, 0.2) is 30.5 Å². The first-order valence-corrected chi connectivity index (χ1v) is 11.9. The number of nitrogens with one attached hydrogen (secondary N) is 1. The average Bonchev–Trinajstić information content (AvgIpc) is 3.27. The number of benzene rings is 1. The van der Waals surface area contributed by atoms with Gasteiger partial charge in [0.2, 0.25) is 5.91 Å². The molecule has 2 aromatic heterocycles. The summed E-state index contributed by atoms with van der Waals surface area (Å²) in [6, 6.07) is 7.77. The number of amides is 1. The lowest BCUT2D eigenvalue weighted by Gasteiger charge is -2.36. The highest BCUT2D eigenvalue weighted by Crippen LogP contribution is 2.31. The second kappa shape index (κ2) is 9.52. The van der Waals surface area contributed by atoms with Gasteiger partial charge in [0.05, 0.1) is 11.7 Å². The van der Waals surface area contributed by atoms with Crippen molar-refractivity contribution < 1.29 is 4.79 Å². The highest BCUT2D eigenvalue weighted by molar-refractivity contribution is 5.94. The van der Waals surface area contributed by atoms with E-state index in [9.17, 15) is 4.79 Å². The Morgan fingerprint density at radius 3 is 2.52 bits per heavy atom. The maximum Gasteiger partial charge on any atom is 0.228 e. The predicted molar refractivity (Wildman–Crippen MR) is 128 cm³/mol. The van der Waals surface area contributed by atoms with Crippen molar-refractivity contribution in [1.29, 1.82) is 0 Å². The van der Waals surface area contributed by atoms with Gasteiger partial charge in [-0.2, -0.15) is 0 Å². The number of hydrogen-bond donors (Lipinski definition) is 1. The van der Waals surface area contributed by atoms with E-state index in [-0.39, 0.29) is 11.8 Å².